The van der Waals surface area contributed by atoms with E-state index in [-0.39, 0.29) is 11.3 Å². The van der Waals surface area contributed by atoms with Crippen molar-refractivity contribution in [2.75, 3.05) is 32.1 Å². The first-order valence-corrected chi connectivity index (χ1v) is 8.88. The van der Waals surface area contributed by atoms with Crippen LogP contribution in [0, 0.1) is 5.82 Å². The van der Waals surface area contributed by atoms with Gasteiger partial charge in [-0.1, -0.05) is 0 Å². The van der Waals surface area contributed by atoms with Crippen molar-refractivity contribution < 1.29 is 9.13 Å². The van der Waals surface area contributed by atoms with Crippen LogP contribution in [0.1, 0.15) is 6.42 Å². The van der Waals surface area contributed by atoms with Crippen molar-refractivity contribution >= 4 is 11.3 Å². The predicted molar refractivity (Wildman–Crippen MR) is 103 cm³/mol. The van der Waals surface area contributed by atoms with Gasteiger partial charge >= 0.3 is 0 Å². The third-order valence-electron chi connectivity index (χ3n) is 5.05. The molecule has 3 heterocycles. The third-order valence-corrected chi connectivity index (χ3v) is 5.05. The number of hydrogen-bond donors (Lipinski definition) is 1. The minimum absolute atomic E-state index is 0.159. The number of hydrogen-bond acceptors (Lipinski definition) is 5. The van der Waals surface area contributed by atoms with Crippen LogP contribution in [0.15, 0.2) is 47.4 Å². The average molecular weight is 368 g/mol. The maximum Gasteiger partial charge on any atom is 0.258 e. The number of ether oxygens (including phenoxy) is 1. The van der Waals surface area contributed by atoms with E-state index in [4.69, 9.17) is 4.74 Å². The summed E-state index contributed by atoms with van der Waals surface area (Å²) in [6, 6.07) is 10.2. The summed E-state index contributed by atoms with van der Waals surface area (Å²) in [5, 5.41) is 3.29. The molecule has 1 fully saturated rings. The number of anilines is 1. The Labute approximate surface area is 156 Å². The first-order chi connectivity index (χ1) is 13.1. The third kappa shape index (κ3) is 3.26. The lowest BCUT2D eigenvalue weighted by molar-refractivity contribution is 0.386. The lowest BCUT2D eigenvalue weighted by atomic mass is 10.1. The van der Waals surface area contributed by atoms with E-state index in [1.165, 1.54) is 29.7 Å². The number of aromatic nitrogens is 2. The quantitative estimate of drug-likeness (QED) is 0.766. The van der Waals surface area contributed by atoms with Crippen molar-refractivity contribution in [3.8, 4) is 17.0 Å². The molecular weight excluding hydrogens is 347 g/mol. The Hall–Kier alpha value is -2.93. The number of likely N-dealkylation sites (N-methyl/N-ethyl adjacent to an activating group) is 1. The fraction of sp³-hybridized carbons (Fsp3) is 0.300. The van der Waals surface area contributed by atoms with Crippen LogP contribution < -0.4 is 20.5 Å². The molecule has 1 aliphatic heterocycles. The summed E-state index contributed by atoms with van der Waals surface area (Å²) in [6.45, 7) is 1.86. The Morgan fingerprint density at radius 1 is 1.26 bits per heavy atom. The van der Waals surface area contributed by atoms with Crippen molar-refractivity contribution in [1.29, 1.82) is 0 Å². The number of nitrogens with zero attached hydrogens (tertiary/aromatic N) is 3. The molecule has 0 aliphatic carbocycles. The topological polar surface area (TPSA) is 58.9 Å². The van der Waals surface area contributed by atoms with Crippen molar-refractivity contribution in [2.24, 2.45) is 0 Å². The van der Waals surface area contributed by atoms with Crippen LogP contribution in [-0.4, -0.2) is 42.7 Å². The van der Waals surface area contributed by atoms with E-state index in [1.54, 1.807) is 6.07 Å². The van der Waals surface area contributed by atoms with E-state index in [2.05, 4.69) is 15.2 Å². The normalized spacial score (nSPS) is 16.9. The Morgan fingerprint density at radius 3 is 2.81 bits per heavy atom. The molecule has 2 aromatic heterocycles. The van der Waals surface area contributed by atoms with Gasteiger partial charge < -0.3 is 15.0 Å². The van der Waals surface area contributed by atoms with Crippen molar-refractivity contribution in [2.45, 2.75) is 12.5 Å². The first-order valence-electron chi connectivity index (χ1n) is 8.88. The number of benzene rings is 1. The molecule has 0 amide bonds. The van der Waals surface area contributed by atoms with Crippen molar-refractivity contribution in [3.63, 3.8) is 0 Å². The minimum atomic E-state index is -0.486. The van der Waals surface area contributed by atoms with E-state index < -0.39 is 5.82 Å². The molecule has 1 N–H and O–H groups in total. The van der Waals surface area contributed by atoms with Crippen molar-refractivity contribution in [3.05, 3.63) is 58.8 Å². The van der Waals surface area contributed by atoms with Gasteiger partial charge in [0.2, 0.25) is 0 Å². The van der Waals surface area contributed by atoms with Crippen LogP contribution in [0.2, 0.25) is 0 Å². The largest absolute Gasteiger partial charge is 0.494 e. The van der Waals surface area contributed by atoms with Gasteiger partial charge in [-0.25, -0.2) is 9.37 Å². The zero-order valence-electron chi connectivity index (χ0n) is 15.3. The van der Waals surface area contributed by atoms with E-state index in [9.17, 15) is 9.18 Å². The minimum Gasteiger partial charge on any atom is -0.494 e. The lowest BCUT2D eigenvalue weighted by Crippen LogP contribution is -2.29. The zero-order chi connectivity index (χ0) is 19.0. The average Bonchev–Trinajstić information content (AvgIpc) is 3.17. The standard InChI is InChI=1S/C20H21FN4O2/c1-22-14-7-8-24(11-14)15-4-6-19-23-17(10-20(26)25(19)12-15)13-3-5-18(27-2)16(21)9-13/h3-6,9-10,12,14,22H,7-8,11H2,1-2H3/t14-/m0/s1. The van der Waals surface area contributed by atoms with Crippen molar-refractivity contribution in [1.82, 2.24) is 14.7 Å². The summed E-state index contributed by atoms with van der Waals surface area (Å²) in [6.07, 6.45) is 2.89. The summed E-state index contributed by atoms with van der Waals surface area (Å²) in [7, 11) is 3.38. The fourth-order valence-corrected chi connectivity index (χ4v) is 3.48. The summed E-state index contributed by atoms with van der Waals surface area (Å²) in [4.78, 5) is 19.4. The van der Waals surface area contributed by atoms with E-state index >= 15 is 0 Å². The number of nitrogens with one attached hydrogen (secondary N) is 1. The summed E-state index contributed by atoms with van der Waals surface area (Å²) in [5.74, 6) is -0.327. The summed E-state index contributed by atoms with van der Waals surface area (Å²) < 4.78 is 20.5. The summed E-state index contributed by atoms with van der Waals surface area (Å²) >= 11 is 0. The van der Waals surface area contributed by atoms with Crippen LogP contribution in [0.25, 0.3) is 16.9 Å². The first kappa shape index (κ1) is 17.5. The highest BCUT2D eigenvalue weighted by Crippen LogP contribution is 2.25. The molecule has 27 heavy (non-hydrogen) atoms. The number of halogens is 1. The lowest BCUT2D eigenvalue weighted by Gasteiger charge is -2.19. The Morgan fingerprint density at radius 2 is 2.11 bits per heavy atom. The monoisotopic (exact) mass is 368 g/mol. The molecule has 1 atom stereocenters. The van der Waals surface area contributed by atoms with Gasteiger partial charge in [-0.2, -0.15) is 0 Å². The Balaban J connectivity index is 1.71. The number of rotatable bonds is 4. The van der Waals surface area contributed by atoms with Gasteiger partial charge in [0.15, 0.2) is 11.6 Å². The molecule has 1 saturated heterocycles. The second-order valence-corrected chi connectivity index (χ2v) is 6.66. The fourth-order valence-electron chi connectivity index (χ4n) is 3.48. The molecule has 0 saturated carbocycles. The molecule has 3 aromatic rings. The molecule has 0 radical (unpaired) electrons. The zero-order valence-corrected chi connectivity index (χ0v) is 15.3. The van der Waals surface area contributed by atoms with Gasteiger partial charge in [-0.15, -0.1) is 0 Å². The van der Waals surface area contributed by atoms with Crippen LogP contribution in [0.3, 0.4) is 0 Å². The summed E-state index contributed by atoms with van der Waals surface area (Å²) in [5.41, 5.74) is 2.30. The maximum atomic E-state index is 14.0. The Bertz CT molecular complexity index is 1050. The number of pyridine rings is 1. The molecule has 0 bridgehead atoms. The van der Waals surface area contributed by atoms with E-state index in [1.807, 2.05) is 25.4 Å². The number of fused-ring (bicyclic) bond motifs is 1. The SMILES string of the molecule is CN[C@H]1CCN(c2ccc3nc(-c4ccc(OC)c(F)c4)cc(=O)n3c2)C1. The van der Waals surface area contributed by atoms with Gasteiger partial charge in [0, 0.05) is 37.0 Å². The highest BCUT2D eigenvalue weighted by molar-refractivity contribution is 5.63. The smallest absolute Gasteiger partial charge is 0.258 e. The molecule has 0 unspecified atom stereocenters. The highest BCUT2D eigenvalue weighted by Gasteiger charge is 2.21. The van der Waals surface area contributed by atoms with E-state index in [0.29, 0.717) is 22.9 Å². The molecule has 1 aromatic carbocycles. The van der Waals surface area contributed by atoms with Gasteiger partial charge in [-0.3, -0.25) is 9.20 Å². The second kappa shape index (κ2) is 7.00. The van der Waals surface area contributed by atoms with Gasteiger partial charge in [0.1, 0.15) is 5.65 Å². The highest BCUT2D eigenvalue weighted by atomic mass is 19.1. The van der Waals surface area contributed by atoms with Gasteiger partial charge in [0.05, 0.1) is 18.5 Å². The maximum absolute atomic E-state index is 14.0. The van der Waals surface area contributed by atoms with Gasteiger partial charge in [-0.05, 0) is 43.8 Å². The van der Waals surface area contributed by atoms with Crippen LogP contribution >= 0.6 is 0 Å². The number of methoxy groups -OCH3 is 1. The van der Waals surface area contributed by atoms with Crippen LogP contribution in [0.5, 0.6) is 5.75 Å². The van der Waals surface area contributed by atoms with Crippen LogP contribution in [0.4, 0.5) is 10.1 Å². The second-order valence-electron chi connectivity index (χ2n) is 6.66. The Kier molecular flexibility index (Phi) is 4.53. The molecule has 1 aliphatic rings. The molecule has 0 spiro atoms. The molecule has 140 valence electrons. The van der Waals surface area contributed by atoms with Gasteiger partial charge in [0.25, 0.3) is 5.56 Å². The van der Waals surface area contributed by atoms with Crippen LogP contribution in [-0.2, 0) is 0 Å². The van der Waals surface area contributed by atoms with E-state index in [0.717, 1.165) is 25.2 Å². The molecule has 4 rings (SSSR count). The molecular formula is C20H21FN4O2. The molecule has 6 nitrogen and oxygen atoms in total. The molecule has 7 heteroatoms. The predicted octanol–water partition coefficient (Wildman–Crippen LogP) is 2.31.